The Balaban J connectivity index is 2.18. The summed E-state index contributed by atoms with van der Waals surface area (Å²) in [5.74, 6) is 0.226. The molecule has 2 aromatic rings. The summed E-state index contributed by atoms with van der Waals surface area (Å²) in [5, 5.41) is 12.2. The Kier molecular flexibility index (Phi) is 4.40. The van der Waals surface area contributed by atoms with Crippen LogP contribution in [0.3, 0.4) is 0 Å². The third kappa shape index (κ3) is 3.78. The highest BCUT2D eigenvalue weighted by Gasteiger charge is 2.20. The number of aromatic nitrogens is 3. The van der Waals surface area contributed by atoms with Gasteiger partial charge in [-0.15, -0.1) is 10.2 Å². The van der Waals surface area contributed by atoms with Crippen molar-refractivity contribution in [3.8, 4) is 0 Å². The number of aryl methyl sites for hydroxylation is 1. The van der Waals surface area contributed by atoms with E-state index in [0.717, 1.165) is 11.3 Å². The Morgan fingerprint density at radius 3 is 2.36 bits per heavy atom. The number of rotatable bonds is 3. The molecule has 2 N–H and O–H groups in total. The molecule has 0 saturated heterocycles. The van der Waals surface area contributed by atoms with Crippen molar-refractivity contribution >= 4 is 11.7 Å². The van der Waals surface area contributed by atoms with Gasteiger partial charge in [-0.1, -0.05) is 50.6 Å². The SMILES string of the molecule is C/C(=N\Nc1nnc(C(C)(C)C)c(=O)[nH]1)c1ccc(C)cc1. The van der Waals surface area contributed by atoms with Crippen LogP contribution in [0.2, 0.25) is 0 Å². The molecule has 0 spiro atoms. The minimum absolute atomic E-state index is 0.226. The predicted octanol–water partition coefficient (Wildman–Crippen LogP) is 2.61. The average Bonchev–Trinajstić information content (AvgIpc) is 2.44. The van der Waals surface area contributed by atoms with E-state index in [9.17, 15) is 4.79 Å². The molecule has 2 rings (SSSR count). The van der Waals surface area contributed by atoms with Crippen LogP contribution >= 0.6 is 0 Å². The fraction of sp³-hybridized carbons (Fsp3) is 0.375. The van der Waals surface area contributed by atoms with Crippen molar-refractivity contribution in [3.63, 3.8) is 0 Å². The van der Waals surface area contributed by atoms with Crippen molar-refractivity contribution in [2.45, 2.75) is 40.0 Å². The summed E-state index contributed by atoms with van der Waals surface area (Å²) in [5.41, 5.74) is 5.52. The molecule has 0 aliphatic carbocycles. The molecule has 0 aliphatic rings. The maximum absolute atomic E-state index is 12.0. The Morgan fingerprint density at radius 2 is 1.82 bits per heavy atom. The molecule has 0 saturated carbocycles. The number of nitrogens with one attached hydrogen (secondary N) is 2. The number of benzene rings is 1. The molecular weight excluding hydrogens is 278 g/mol. The second-order valence-electron chi connectivity index (χ2n) is 6.28. The Bertz CT molecular complexity index is 738. The van der Waals surface area contributed by atoms with E-state index in [4.69, 9.17) is 0 Å². The molecule has 116 valence electrons. The highest BCUT2D eigenvalue weighted by Crippen LogP contribution is 2.15. The molecule has 22 heavy (non-hydrogen) atoms. The summed E-state index contributed by atoms with van der Waals surface area (Å²) in [4.78, 5) is 14.6. The first-order chi connectivity index (χ1) is 10.3. The topological polar surface area (TPSA) is 83.0 Å². The van der Waals surface area contributed by atoms with E-state index >= 15 is 0 Å². The van der Waals surface area contributed by atoms with Gasteiger partial charge in [0.15, 0.2) is 0 Å². The van der Waals surface area contributed by atoms with Crippen molar-refractivity contribution in [2.75, 3.05) is 5.43 Å². The lowest BCUT2D eigenvalue weighted by Crippen LogP contribution is -2.28. The lowest BCUT2D eigenvalue weighted by molar-refractivity contribution is 0.547. The number of hydrazone groups is 1. The molecule has 6 heteroatoms. The van der Waals surface area contributed by atoms with Crippen LogP contribution in [0, 0.1) is 6.92 Å². The van der Waals surface area contributed by atoms with Gasteiger partial charge in [-0.3, -0.25) is 9.78 Å². The quantitative estimate of drug-likeness (QED) is 0.674. The zero-order chi connectivity index (χ0) is 16.3. The molecule has 0 fully saturated rings. The molecule has 0 aliphatic heterocycles. The van der Waals surface area contributed by atoms with Gasteiger partial charge in [-0.25, -0.2) is 5.43 Å². The lowest BCUT2D eigenvalue weighted by atomic mass is 9.93. The third-order valence-electron chi connectivity index (χ3n) is 3.21. The summed E-state index contributed by atoms with van der Waals surface area (Å²) in [7, 11) is 0. The molecule has 0 unspecified atom stereocenters. The zero-order valence-corrected chi connectivity index (χ0v) is 13.6. The highest BCUT2D eigenvalue weighted by molar-refractivity contribution is 5.99. The minimum Gasteiger partial charge on any atom is -0.288 e. The normalized spacial score (nSPS) is 12.3. The monoisotopic (exact) mass is 299 g/mol. The van der Waals surface area contributed by atoms with Crippen molar-refractivity contribution in [1.29, 1.82) is 0 Å². The van der Waals surface area contributed by atoms with Crippen molar-refractivity contribution in [2.24, 2.45) is 5.10 Å². The standard InChI is InChI=1S/C16H21N5O/c1-10-6-8-12(9-7-10)11(2)18-20-15-17-14(22)13(19-21-15)16(3,4)5/h6-9H,1-5H3,(H2,17,20,21,22)/b18-11+. The number of hydrogen-bond donors (Lipinski definition) is 2. The van der Waals surface area contributed by atoms with Gasteiger partial charge in [0, 0.05) is 5.41 Å². The van der Waals surface area contributed by atoms with Crippen molar-refractivity contribution in [3.05, 3.63) is 51.4 Å². The van der Waals surface area contributed by atoms with Gasteiger partial charge in [-0.05, 0) is 19.4 Å². The van der Waals surface area contributed by atoms with Gasteiger partial charge < -0.3 is 0 Å². The second-order valence-corrected chi connectivity index (χ2v) is 6.28. The van der Waals surface area contributed by atoms with Crippen molar-refractivity contribution in [1.82, 2.24) is 15.2 Å². The van der Waals surface area contributed by atoms with E-state index in [0.29, 0.717) is 5.69 Å². The Labute approximate surface area is 129 Å². The molecule has 1 aromatic carbocycles. The second kappa shape index (κ2) is 6.09. The predicted molar refractivity (Wildman–Crippen MR) is 88.4 cm³/mol. The summed E-state index contributed by atoms with van der Waals surface area (Å²) in [6, 6.07) is 8.03. The summed E-state index contributed by atoms with van der Waals surface area (Å²) >= 11 is 0. The Hall–Kier alpha value is -2.50. The number of anilines is 1. The zero-order valence-electron chi connectivity index (χ0n) is 13.6. The maximum atomic E-state index is 12.0. The fourth-order valence-corrected chi connectivity index (χ4v) is 1.87. The van der Waals surface area contributed by atoms with Gasteiger partial charge >= 0.3 is 0 Å². The van der Waals surface area contributed by atoms with Gasteiger partial charge in [-0.2, -0.15) is 5.10 Å². The van der Waals surface area contributed by atoms with Gasteiger partial charge in [0.1, 0.15) is 5.69 Å². The van der Waals surface area contributed by atoms with Crippen LogP contribution in [-0.4, -0.2) is 20.9 Å². The molecule has 0 amide bonds. The van der Waals surface area contributed by atoms with Crippen LogP contribution in [0.5, 0.6) is 0 Å². The largest absolute Gasteiger partial charge is 0.288 e. The van der Waals surface area contributed by atoms with Crippen molar-refractivity contribution < 1.29 is 0 Å². The van der Waals surface area contributed by atoms with Gasteiger partial charge in [0.2, 0.25) is 5.95 Å². The van der Waals surface area contributed by atoms with Crippen LogP contribution in [0.15, 0.2) is 34.2 Å². The molecule has 6 nitrogen and oxygen atoms in total. The van der Waals surface area contributed by atoms with Crippen LogP contribution in [0.4, 0.5) is 5.95 Å². The average molecular weight is 299 g/mol. The first-order valence-electron chi connectivity index (χ1n) is 7.12. The van der Waals surface area contributed by atoms with E-state index in [1.54, 1.807) is 0 Å². The molecular formula is C16H21N5O. The Morgan fingerprint density at radius 1 is 1.18 bits per heavy atom. The molecule has 1 aromatic heterocycles. The number of hydrogen-bond acceptors (Lipinski definition) is 5. The molecule has 0 radical (unpaired) electrons. The van der Waals surface area contributed by atoms with Crippen LogP contribution in [-0.2, 0) is 5.41 Å². The lowest BCUT2D eigenvalue weighted by Gasteiger charge is -2.15. The number of aromatic amines is 1. The van der Waals surface area contributed by atoms with E-state index in [1.165, 1.54) is 5.56 Å². The highest BCUT2D eigenvalue weighted by atomic mass is 16.1. The van der Waals surface area contributed by atoms with Gasteiger partial charge in [0.25, 0.3) is 5.56 Å². The molecule has 0 atom stereocenters. The van der Waals surface area contributed by atoms with Gasteiger partial charge in [0.05, 0.1) is 5.71 Å². The molecule has 1 heterocycles. The van der Waals surface area contributed by atoms with Crippen LogP contribution in [0.1, 0.15) is 44.5 Å². The van der Waals surface area contributed by atoms with E-state index in [1.807, 2.05) is 58.9 Å². The van der Waals surface area contributed by atoms with E-state index in [2.05, 4.69) is 25.7 Å². The minimum atomic E-state index is -0.347. The molecule has 0 bridgehead atoms. The summed E-state index contributed by atoms with van der Waals surface area (Å²) in [6.07, 6.45) is 0. The van der Waals surface area contributed by atoms with Crippen LogP contribution < -0.4 is 11.0 Å². The summed E-state index contributed by atoms with van der Waals surface area (Å²) in [6.45, 7) is 9.66. The first-order valence-corrected chi connectivity index (χ1v) is 7.12. The maximum Gasteiger partial charge on any atom is 0.274 e. The summed E-state index contributed by atoms with van der Waals surface area (Å²) < 4.78 is 0. The first kappa shape index (κ1) is 15.9. The van der Waals surface area contributed by atoms with E-state index < -0.39 is 0 Å². The number of nitrogens with zero attached hydrogens (tertiary/aromatic N) is 3. The smallest absolute Gasteiger partial charge is 0.274 e. The number of H-pyrrole nitrogens is 1. The third-order valence-corrected chi connectivity index (χ3v) is 3.21. The van der Waals surface area contributed by atoms with E-state index in [-0.39, 0.29) is 16.9 Å². The fourth-order valence-electron chi connectivity index (χ4n) is 1.87. The van der Waals surface area contributed by atoms with Crippen LogP contribution in [0.25, 0.3) is 0 Å².